The third kappa shape index (κ3) is 5.65. The maximum atomic E-state index is 6.00. The Bertz CT molecular complexity index is 394. The zero-order chi connectivity index (χ0) is 14.3. The van der Waals surface area contributed by atoms with Gasteiger partial charge in [0.05, 0.1) is 20.9 Å². The highest BCUT2D eigenvalue weighted by Gasteiger charge is 2.11. The standard InChI is InChI=1S/C15H22I2O2/c1-4-6-7-11(5-2)10-19-15-9-12(16)14(18-3)8-13(15)17/h8-9,11H,4-7,10H2,1-3H3. The molecule has 1 atom stereocenters. The largest absolute Gasteiger partial charge is 0.496 e. The van der Waals surface area contributed by atoms with Crippen LogP contribution in [0.1, 0.15) is 39.5 Å². The van der Waals surface area contributed by atoms with E-state index in [1.54, 1.807) is 7.11 Å². The molecule has 0 aliphatic heterocycles. The Labute approximate surface area is 143 Å². The van der Waals surface area contributed by atoms with Crippen LogP contribution in [0.25, 0.3) is 0 Å². The number of hydrogen-bond acceptors (Lipinski definition) is 2. The van der Waals surface area contributed by atoms with Crippen LogP contribution in [0, 0.1) is 13.1 Å². The summed E-state index contributed by atoms with van der Waals surface area (Å²) in [6.45, 7) is 5.30. The van der Waals surface area contributed by atoms with Crippen molar-refractivity contribution >= 4 is 45.2 Å². The number of rotatable bonds is 8. The fourth-order valence-corrected chi connectivity index (χ4v) is 3.14. The molecule has 1 unspecified atom stereocenters. The van der Waals surface area contributed by atoms with E-state index in [1.807, 2.05) is 6.07 Å². The summed E-state index contributed by atoms with van der Waals surface area (Å²) < 4.78 is 13.5. The molecule has 1 rings (SSSR count). The van der Waals surface area contributed by atoms with Gasteiger partial charge in [0.1, 0.15) is 11.5 Å². The van der Waals surface area contributed by atoms with E-state index < -0.39 is 0 Å². The van der Waals surface area contributed by atoms with E-state index >= 15 is 0 Å². The van der Waals surface area contributed by atoms with Gasteiger partial charge in [0, 0.05) is 0 Å². The van der Waals surface area contributed by atoms with E-state index in [2.05, 4.69) is 65.1 Å². The zero-order valence-electron chi connectivity index (χ0n) is 11.8. The summed E-state index contributed by atoms with van der Waals surface area (Å²) in [6.07, 6.45) is 4.99. The number of unbranched alkanes of at least 4 members (excludes halogenated alkanes) is 1. The summed E-state index contributed by atoms with van der Waals surface area (Å²) in [5.41, 5.74) is 0. The third-order valence-electron chi connectivity index (χ3n) is 3.22. The molecule has 0 saturated carbocycles. The number of ether oxygens (including phenoxy) is 2. The van der Waals surface area contributed by atoms with Gasteiger partial charge in [0.2, 0.25) is 0 Å². The smallest absolute Gasteiger partial charge is 0.133 e. The first-order valence-corrected chi connectivity index (χ1v) is 8.93. The lowest BCUT2D eigenvalue weighted by atomic mass is 10.0. The highest BCUT2D eigenvalue weighted by Crippen LogP contribution is 2.31. The van der Waals surface area contributed by atoms with Crippen molar-refractivity contribution in [3.63, 3.8) is 0 Å². The minimum atomic E-state index is 0.663. The van der Waals surface area contributed by atoms with Crippen molar-refractivity contribution in [3.05, 3.63) is 19.3 Å². The summed E-state index contributed by atoms with van der Waals surface area (Å²) in [7, 11) is 1.70. The van der Waals surface area contributed by atoms with Crippen LogP contribution in [0.3, 0.4) is 0 Å². The van der Waals surface area contributed by atoms with Gasteiger partial charge in [-0.3, -0.25) is 0 Å². The average molecular weight is 488 g/mol. The molecule has 1 aromatic carbocycles. The van der Waals surface area contributed by atoms with Gasteiger partial charge in [-0.05, 0) is 69.7 Å². The Morgan fingerprint density at radius 2 is 1.74 bits per heavy atom. The predicted molar refractivity (Wildman–Crippen MR) is 97.2 cm³/mol. The van der Waals surface area contributed by atoms with Gasteiger partial charge in [-0.2, -0.15) is 0 Å². The molecule has 2 nitrogen and oxygen atoms in total. The molecule has 0 heterocycles. The molecule has 4 heteroatoms. The van der Waals surface area contributed by atoms with Crippen LogP contribution in [0.5, 0.6) is 11.5 Å². The van der Waals surface area contributed by atoms with Gasteiger partial charge >= 0.3 is 0 Å². The molecule has 0 spiro atoms. The summed E-state index contributed by atoms with van der Waals surface area (Å²) in [4.78, 5) is 0. The van der Waals surface area contributed by atoms with Crippen LogP contribution in [-0.4, -0.2) is 13.7 Å². The van der Waals surface area contributed by atoms with Crippen molar-refractivity contribution in [1.82, 2.24) is 0 Å². The number of hydrogen-bond donors (Lipinski definition) is 0. The highest BCUT2D eigenvalue weighted by atomic mass is 127. The third-order valence-corrected chi connectivity index (χ3v) is 4.91. The van der Waals surface area contributed by atoms with E-state index in [4.69, 9.17) is 9.47 Å². The number of methoxy groups -OCH3 is 1. The predicted octanol–water partition coefficient (Wildman–Crippen LogP) is 5.50. The summed E-state index contributed by atoms with van der Waals surface area (Å²) in [5, 5.41) is 0. The molecule has 0 N–H and O–H groups in total. The molecular weight excluding hydrogens is 466 g/mol. The summed E-state index contributed by atoms with van der Waals surface area (Å²) in [5.74, 6) is 2.55. The maximum absolute atomic E-state index is 6.00. The quantitative estimate of drug-likeness (QED) is 0.451. The number of benzene rings is 1. The van der Waals surface area contributed by atoms with Crippen LogP contribution in [0.15, 0.2) is 12.1 Å². The molecule has 0 radical (unpaired) electrons. The highest BCUT2D eigenvalue weighted by molar-refractivity contribution is 14.1. The Morgan fingerprint density at radius 3 is 2.32 bits per heavy atom. The molecule has 1 aromatic rings. The lowest BCUT2D eigenvalue weighted by Crippen LogP contribution is -2.12. The molecule has 19 heavy (non-hydrogen) atoms. The minimum Gasteiger partial charge on any atom is -0.496 e. The SMILES string of the molecule is CCCCC(CC)COc1cc(I)c(OC)cc1I. The molecule has 0 bridgehead atoms. The van der Waals surface area contributed by atoms with Crippen molar-refractivity contribution in [1.29, 1.82) is 0 Å². The van der Waals surface area contributed by atoms with Crippen molar-refractivity contribution in [2.24, 2.45) is 5.92 Å². The summed E-state index contributed by atoms with van der Waals surface area (Å²) in [6, 6.07) is 4.10. The van der Waals surface area contributed by atoms with E-state index in [-0.39, 0.29) is 0 Å². The maximum Gasteiger partial charge on any atom is 0.133 e. The average Bonchev–Trinajstić information content (AvgIpc) is 2.42. The van der Waals surface area contributed by atoms with Crippen molar-refractivity contribution in [2.75, 3.05) is 13.7 Å². The number of halogens is 2. The molecule has 108 valence electrons. The van der Waals surface area contributed by atoms with Crippen LogP contribution in [-0.2, 0) is 0 Å². The Kier molecular flexibility index (Phi) is 8.45. The fraction of sp³-hybridized carbons (Fsp3) is 0.600. The monoisotopic (exact) mass is 488 g/mol. The molecule has 0 fully saturated rings. The van der Waals surface area contributed by atoms with Crippen LogP contribution in [0.2, 0.25) is 0 Å². The molecule has 0 aliphatic rings. The van der Waals surface area contributed by atoms with Crippen molar-refractivity contribution in [3.8, 4) is 11.5 Å². The van der Waals surface area contributed by atoms with Gasteiger partial charge in [0.25, 0.3) is 0 Å². The Morgan fingerprint density at radius 1 is 1.11 bits per heavy atom. The van der Waals surface area contributed by atoms with E-state index in [9.17, 15) is 0 Å². The normalized spacial score (nSPS) is 12.3. The lowest BCUT2D eigenvalue weighted by Gasteiger charge is -2.17. The Balaban J connectivity index is 2.64. The molecule has 0 saturated heterocycles. The van der Waals surface area contributed by atoms with Crippen LogP contribution >= 0.6 is 45.2 Å². The van der Waals surface area contributed by atoms with Crippen LogP contribution < -0.4 is 9.47 Å². The van der Waals surface area contributed by atoms with Gasteiger partial charge in [-0.15, -0.1) is 0 Å². The van der Waals surface area contributed by atoms with Gasteiger partial charge in [-0.1, -0.05) is 33.1 Å². The minimum absolute atomic E-state index is 0.663. The second-order valence-corrected chi connectivity index (χ2v) is 6.97. The second-order valence-electron chi connectivity index (χ2n) is 4.64. The Hall–Kier alpha value is 0.280. The first-order chi connectivity index (χ1) is 9.12. The fourth-order valence-electron chi connectivity index (χ4n) is 1.88. The molecular formula is C15H22I2O2. The summed E-state index contributed by atoms with van der Waals surface area (Å²) >= 11 is 4.59. The van der Waals surface area contributed by atoms with E-state index in [1.165, 1.54) is 25.7 Å². The van der Waals surface area contributed by atoms with Crippen molar-refractivity contribution < 1.29 is 9.47 Å². The van der Waals surface area contributed by atoms with Gasteiger partial charge in [-0.25, -0.2) is 0 Å². The topological polar surface area (TPSA) is 18.5 Å². The van der Waals surface area contributed by atoms with E-state index in [0.717, 1.165) is 25.2 Å². The van der Waals surface area contributed by atoms with Crippen LogP contribution in [0.4, 0.5) is 0 Å². The molecule has 0 aliphatic carbocycles. The van der Waals surface area contributed by atoms with Crippen molar-refractivity contribution in [2.45, 2.75) is 39.5 Å². The molecule has 0 aromatic heterocycles. The lowest BCUT2D eigenvalue weighted by molar-refractivity contribution is 0.231. The van der Waals surface area contributed by atoms with Gasteiger partial charge in [0.15, 0.2) is 0 Å². The van der Waals surface area contributed by atoms with Gasteiger partial charge < -0.3 is 9.47 Å². The zero-order valence-corrected chi connectivity index (χ0v) is 16.2. The van der Waals surface area contributed by atoms with E-state index in [0.29, 0.717) is 5.92 Å². The second kappa shape index (κ2) is 9.26. The first kappa shape index (κ1) is 17.3. The molecule has 0 amide bonds. The first-order valence-electron chi connectivity index (χ1n) is 6.78.